The lowest BCUT2D eigenvalue weighted by Gasteiger charge is -2.22. The number of nitrogens with zero attached hydrogens (tertiary/aromatic N) is 2. The summed E-state index contributed by atoms with van der Waals surface area (Å²) >= 11 is 0. The fraction of sp³-hybridized carbons (Fsp3) is 0.500. The van der Waals surface area contributed by atoms with Crippen LogP contribution in [0.25, 0.3) is 0 Å². The minimum atomic E-state index is -0.775. The van der Waals surface area contributed by atoms with Crippen LogP contribution in [0.15, 0.2) is 28.9 Å². The Labute approximate surface area is 184 Å². The summed E-state index contributed by atoms with van der Waals surface area (Å²) in [6.45, 7) is 7.33. The molecule has 1 atom stereocenters. The maximum absolute atomic E-state index is 13.4. The van der Waals surface area contributed by atoms with Crippen LogP contribution in [0.5, 0.6) is 5.88 Å². The van der Waals surface area contributed by atoms with E-state index >= 15 is 0 Å². The molecule has 5 N–H and O–H groups in total. The summed E-state index contributed by atoms with van der Waals surface area (Å²) in [6.07, 6.45) is 10.2. The van der Waals surface area contributed by atoms with Crippen LogP contribution >= 0.6 is 0 Å². The number of carbonyl (C=O) groups excluding carboxylic acids is 1. The van der Waals surface area contributed by atoms with Crippen molar-refractivity contribution in [2.75, 3.05) is 20.3 Å². The van der Waals surface area contributed by atoms with Crippen LogP contribution in [-0.4, -0.2) is 43.1 Å². The fourth-order valence-electron chi connectivity index (χ4n) is 2.32. The van der Waals surface area contributed by atoms with Crippen molar-refractivity contribution >= 4 is 17.4 Å². The molecule has 1 aromatic rings. The van der Waals surface area contributed by atoms with Gasteiger partial charge in [0, 0.05) is 37.4 Å². The lowest BCUT2D eigenvalue weighted by atomic mass is 10.1. The average molecular weight is 436 g/mol. The molecule has 0 aromatic carbocycles. The summed E-state index contributed by atoms with van der Waals surface area (Å²) in [5.41, 5.74) is 11.3. The van der Waals surface area contributed by atoms with Gasteiger partial charge in [-0.3, -0.25) is 4.79 Å². The number of aliphatic imine (C=N–C) groups is 1. The van der Waals surface area contributed by atoms with Gasteiger partial charge in [0.05, 0.1) is 25.0 Å². The zero-order valence-corrected chi connectivity index (χ0v) is 18.8. The smallest absolute Gasteiger partial charge is 0.253 e. The van der Waals surface area contributed by atoms with Gasteiger partial charge in [-0.2, -0.15) is 9.37 Å². The molecule has 1 amide bonds. The van der Waals surface area contributed by atoms with Gasteiger partial charge in [-0.1, -0.05) is 20.8 Å². The lowest BCUT2D eigenvalue weighted by Crippen LogP contribution is -2.36. The highest BCUT2D eigenvalue weighted by molar-refractivity contribution is 6.20. The van der Waals surface area contributed by atoms with Crippen molar-refractivity contribution in [1.29, 1.82) is 0 Å². The molecular formula is C22H34FN5O3. The van der Waals surface area contributed by atoms with E-state index in [0.29, 0.717) is 6.61 Å². The van der Waals surface area contributed by atoms with Crippen LogP contribution in [0.1, 0.15) is 46.5 Å². The van der Waals surface area contributed by atoms with E-state index in [1.807, 2.05) is 13.8 Å². The maximum atomic E-state index is 13.4. The van der Waals surface area contributed by atoms with Gasteiger partial charge in [-0.15, -0.1) is 12.3 Å². The number of primary amides is 1. The van der Waals surface area contributed by atoms with E-state index in [2.05, 4.69) is 28.1 Å². The van der Waals surface area contributed by atoms with Crippen LogP contribution in [0.3, 0.4) is 0 Å². The quantitative estimate of drug-likeness (QED) is 0.199. The van der Waals surface area contributed by atoms with Gasteiger partial charge in [0.25, 0.3) is 5.91 Å². The Morgan fingerprint density at radius 3 is 2.68 bits per heavy atom. The summed E-state index contributed by atoms with van der Waals surface area (Å²) in [5.74, 6) is 0.900. The number of amides is 1. The minimum absolute atomic E-state index is 0.00300. The number of carbonyl (C=O) groups is 1. The second-order valence-corrected chi connectivity index (χ2v) is 6.14. The molecule has 0 saturated carbocycles. The zero-order valence-electron chi connectivity index (χ0n) is 18.8. The van der Waals surface area contributed by atoms with Crippen molar-refractivity contribution in [3.05, 3.63) is 29.9 Å². The Hall–Kier alpha value is -3.12. The number of hydrogen-bond donors (Lipinski definition) is 3. The molecule has 8 nitrogen and oxygen atoms in total. The van der Waals surface area contributed by atoms with Crippen molar-refractivity contribution in [2.45, 2.75) is 52.5 Å². The number of terminal acetylenes is 1. The number of halogens is 1. The standard InChI is InChI=1S/C15H20FN5O3.C5H8.C2H6/c1-23-13-6-10(5-12(16)21-13)20-14(17)11(15(18)22)7-19-9-3-2-4-24-8-9;1-3-5-4-2;1-2/h5-7,9,19H,2-4,8H2,1H3,(H2,18,22)(H2,17,20,21);1H,4-5H2,2H3;1-2H3/b11-7+;;. The fourth-order valence-corrected chi connectivity index (χ4v) is 2.32. The first-order chi connectivity index (χ1) is 14.9. The molecule has 1 aliphatic heterocycles. The molecule has 2 rings (SSSR count). The largest absolute Gasteiger partial charge is 0.481 e. The first-order valence-corrected chi connectivity index (χ1v) is 10.2. The zero-order chi connectivity index (χ0) is 23.6. The Morgan fingerprint density at radius 1 is 1.48 bits per heavy atom. The topological polar surface area (TPSA) is 125 Å². The third-order valence-electron chi connectivity index (χ3n) is 3.77. The Morgan fingerprint density at radius 2 is 2.19 bits per heavy atom. The highest BCUT2D eigenvalue weighted by Crippen LogP contribution is 2.19. The molecule has 2 heterocycles. The monoisotopic (exact) mass is 435 g/mol. The highest BCUT2D eigenvalue weighted by atomic mass is 19.1. The number of rotatable bonds is 7. The number of nitrogens with one attached hydrogen (secondary N) is 1. The van der Waals surface area contributed by atoms with Crippen molar-refractivity contribution in [3.8, 4) is 18.2 Å². The van der Waals surface area contributed by atoms with E-state index in [-0.39, 0.29) is 29.0 Å². The Kier molecular flexibility index (Phi) is 15.0. The number of ether oxygens (including phenoxy) is 2. The number of unbranched alkanes of at least 4 members (excludes halogenated alkanes) is 1. The van der Waals surface area contributed by atoms with E-state index in [1.165, 1.54) is 19.4 Å². The number of hydrogen-bond acceptors (Lipinski definition) is 6. The summed E-state index contributed by atoms with van der Waals surface area (Å²) in [7, 11) is 1.35. The second kappa shape index (κ2) is 16.7. The summed E-state index contributed by atoms with van der Waals surface area (Å²) in [4.78, 5) is 19.1. The van der Waals surface area contributed by atoms with Crippen LogP contribution in [0.4, 0.5) is 10.1 Å². The second-order valence-electron chi connectivity index (χ2n) is 6.14. The van der Waals surface area contributed by atoms with Gasteiger partial charge in [0.15, 0.2) is 0 Å². The van der Waals surface area contributed by atoms with Crippen LogP contribution in [0.2, 0.25) is 0 Å². The molecule has 1 unspecified atom stereocenters. The normalized spacial score (nSPS) is 15.9. The number of amidine groups is 1. The van der Waals surface area contributed by atoms with Crippen LogP contribution < -0.4 is 21.5 Å². The third kappa shape index (κ3) is 11.6. The van der Waals surface area contributed by atoms with E-state index in [0.717, 1.165) is 38.4 Å². The number of methoxy groups -OCH3 is 1. The maximum Gasteiger partial charge on any atom is 0.253 e. The highest BCUT2D eigenvalue weighted by Gasteiger charge is 2.15. The SMILES string of the molecule is C#CCCC.CC.COc1cc(N=C(N)/C(=C\NC2CCCOC2)C(N)=O)cc(F)n1. The van der Waals surface area contributed by atoms with E-state index in [4.69, 9.17) is 27.4 Å². The summed E-state index contributed by atoms with van der Waals surface area (Å²) in [5, 5.41) is 3.04. The van der Waals surface area contributed by atoms with Gasteiger partial charge in [-0.25, -0.2) is 4.99 Å². The van der Waals surface area contributed by atoms with Crippen molar-refractivity contribution in [2.24, 2.45) is 16.5 Å². The first-order valence-electron chi connectivity index (χ1n) is 10.2. The van der Waals surface area contributed by atoms with Gasteiger partial charge in [0.2, 0.25) is 11.8 Å². The van der Waals surface area contributed by atoms with Crippen molar-refractivity contribution in [1.82, 2.24) is 10.3 Å². The molecule has 1 saturated heterocycles. The van der Waals surface area contributed by atoms with Crippen molar-refractivity contribution < 1.29 is 18.7 Å². The van der Waals surface area contributed by atoms with Crippen LogP contribution in [-0.2, 0) is 9.53 Å². The molecule has 1 aromatic heterocycles. The van der Waals surface area contributed by atoms with Crippen molar-refractivity contribution in [3.63, 3.8) is 0 Å². The molecule has 0 spiro atoms. The molecule has 1 fully saturated rings. The first kappa shape index (κ1) is 27.9. The molecule has 172 valence electrons. The van der Waals surface area contributed by atoms with E-state index in [9.17, 15) is 9.18 Å². The lowest BCUT2D eigenvalue weighted by molar-refractivity contribution is -0.114. The minimum Gasteiger partial charge on any atom is -0.481 e. The van der Waals surface area contributed by atoms with Crippen LogP contribution in [0, 0.1) is 18.3 Å². The number of nitrogens with two attached hydrogens (primary N) is 2. The third-order valence-corrected chi connectivity index (χ3v) is 3.77. The average Bonchev–Trinajstić information content (AvgIpc) is 2.76. The molecule has 0 radical (unpaired) electrons. The van der Waals surface area contributed by atoms with Gasteiger partial charge in [-0.05, 0) is 19.3 Å². The Bertz CT molecular complexity index is 769. The van der Waals surface area contributed by atoms with Gasteiger partial charge >= 0.3 is 0 Å². The van der Waals surface area contributed by atoms with Gasteiger partial charge < -0.3 is 26.3 Å². The molecular weight excluding hydrogens is 401 g/mol. The predicted molar refractivity (Wildman–Crippen MR) is 121 cm³/mol. The summed E-state index contributed by atoms with van der Waals surface area (Å²) in [6, 6.07) is 2.52. The molecule has 31 heavy (non-hydrogen) atoms. The molecule has 0 bridgehead atoms. The van der Waals surface area contributed by atoms with Gasteiger partial charge in [0.1, 0.15) is 5.84 Å². The molecule has 9 heteroatoms. The number of pyridine rings is 1. The number of aromatic nitrogens is 1. The summed E-state index contributed by atoms with van der Waals surface area (Å²) < 4.78 is 23.6. The Balaban J connectivity index is 0.00000113. The molecule has 1 aliphatic rings. The molecule has 0 aliphatic carbocycles. The predicted octanol–water partition coefficient (Wildman–Crippen LogP) is 2.80. The van der Waals surface area contributed by atoms with E-state index < -0.39 is 11.9 Å². The van der Waals surface area contributed by atoms with E-state index in [1.54, 1.807) is 0 Å².